The summed E-state index contributed by atoms with van der Waals surface area (Å²) in [7, 11) is 0. The number of nitrogens with two attached hydrogens (primary N) is 2. The Morgan fingerprint density at radius 1 is 1.00 bits per heavy atom. The first-order valence-electron chi connectivity index (χ1n) is 7.65. The third-order valence-electron chi connectivity index (χ3n) is 3.58. The van der Waals surface area contributed by atoms with Gasteiger partial charge in [0.2, 0.25) is 0 Å². The van der Waals surface area contributed by atoms with Crippen LogP contribution in [0.3, 0.4) is 0 Å². The van der Waals surface area contributed by atoms with Gasteiger partial charge in [-0.1, -0.05) is 36.4 Å². The van der Waals surface area contributed by atoms with E-state index in [1.165, 1.54) is 0 Å². The summed E-state index contributed by atoms with van der Waals surface area (Å²) in [5, 5.41) is 0.848. The van der Waals surface area contributed by atoms with E-state index in [0.29, 0.717) is 23.2 Å². The van der Waals surface area contributed by atoms with Gasteiger partial charge < -0.3 is 11.5 Å². The molecule has 0 aliphatic heterocycles. The number of aryl methyl sites for hydroxylation is 1. The maximum Gasteiger partial charge on any atom is 0.166 e. The van der Waals surface area contributed by atoms with E-state index in [1.807, 2.05) is 55.5 Å². The van der Waals surface area contributed by atoms with Crippen molar-refractivity contribution in [1.29, 1.82) is 0 Å². The number of rotatable bonds is 3. The molecule has 120 valence electrons. The predicted octanol–water partition coefficient (Wildman–Crippen LogP) is 3.46. The van der Waals surface area contributed by atoms with E-state index < -0.39 is 0 Å². The maximum atomic E-state index is 5.95. The highest BCUT2D eigenvalue weighted by Gasteiger charge is 2.10. The summed E-state index contributed by atoms with van der Waals surface area (Å²) in [6, 6.07) is 15.7. The third kappa shape index (κ3) is 3.25. The first kappa shape index (κ1) is 15.7. The number of para-hydroxylation sites is 1. The van der Waals surface area contributed by atoms with Crippen LogP contribution in [0.2, 0.25) is 0 Å². The molecule has 4 N–H and O–H groups in total. The molecule has 0 saturated heterocycles. The third-order valence-corrected chi connectivity index (χ3v) is 3.58. The molecule has 0 aliphatic carbocycles. The van der Waals surface area contributed by atoms with Crippen molar-refractivity contribution >= 4 is 22.6 Å². The Morgan fingerprint density at radius 2 is 1.71 bits per heavy atom. The number of hydrogen-bond acceptors (Lipinski definition) is 4. The van der Waals surface area contributed by atoms with E-state index in [4.69, 9.17) is 11.5 Å². The Labute approximate surface area is 140 Å². The summed E-state index contributed by atoms with van der Waals surface area (Å²) in [4.78, 5) is 13.7. The van der Waals surface area contributed by atoms with Crippen LogP contribution in [0.15, 0.2) is 65.3 Å². The van der Waals surface area contributed by atoms with E-state index in [2.05, 4.69) is 15.0 Å². The van der Waals surface area contributed by atoms with Gasteiger partial charge >= 0.3 is 0 Å². The zero-order valence-corrected chi connectivity index (χ0v) is 13.7. The summed E-state index contributed by atoms with van der Waals surface area (Å²) in [5.74, 6) is 1.48. The molecule has 0 bridgehead atoms. The molecular weight excluding hydrogens is 298 g/mol. The summed E-state index contributed by atoms with van der Waals surface area (Å²) in [5.41, 5.74) is 15.1. The molecule has 0 fully saturated rings. The standard InChI is InChI=1S/C19H19N5/c1-12-7-3-4-8-14(12)18-22-16-10-6-5-9-15(16)19(24-18)23-17(21)11-13(2)20/h3-11H,20H2,1-2H3,(H2,21,22,23,24)/b13-11-. The van der Waals surface area contributed by atoms with Crippen LogP contribution in [0, 0.1) is 6.92 Å². The number of amidine groups is 1. The fourth-order valence-corrected chi connectivity index (χ4v) is 2.48. The molecule has 5 heteroatoms. The monoisotopic (exact) mass is 317 g/mol. The molecule has 1 aromatic heterocycles. The minimum Gasteiger partial charge on any atom is -0.402 e. The fraction of sp³-hybridized carbons (Fsp3) is 0.105. The van der Waals surface area contributed by atoms with Gasteiger partial charge in [-0.2, -0.15) is 0 Å². The zero-order valence-electron chi connectivity index (χ0n) is 13.7. The lowest BCUT2D eigenvalue weighted by Gasteiger charge is -2.08. The van der Waals surface area contributed by atoms with Gasteiger partial charge in [0.25, 0.3) is 0 Å². The Kier molecular flexibility index (Phi) is 4.24. The second kappa shape index (κ2) is 6.50. The van der Waals surface area contributed by atoms with Gasteiger partial charge in [-0.15, -0.1) is 0 Å². The fourth-order valence-electron chi connectivity index (χ4n) is 2.48. The highest BCUT2D eigenvalue weighted by Crippen LogP contribution is 2.28. The number of benzene rings is 2. The molecule has 24 heavy (non-hydrogen) atoms. The van der Waals surface area contributed by atoms with Gasteiger partial charge in [0, 0.05) is 16.6 Å². The van der Waals surface area contributed by atoms with E-state index in [0.717, 1.165) is 22.0 Å². The zero-order chi connectivity index (χ0) is 17.1. The van der Waals surface area contributed by atoms with Gasteiger partial charge in [0.05, 0.1) is 5.52 Å². The van der Waals surface area contributed by atoms with Crippen molar-refractivity contribution in [3.63, 3.8) is 0 Å². The molecule has 1 heterocycles. The maximum absolute atomic E-state index is 5.95. The lowest BCUT2D eigenvalue weighted by Crippen LogP contribution is -2.10. The Morgan fingerprint density at radius 3 is 2.46 bits per heavy atom. The molecule has 0 saturated carbocycles. The van der Waals surface area contributed by atoms with Crippen LogP contribution in [-0.4, -0.2) is 15.8 Å². The first-order valence-corrected chi connectivity index (χ1v) is 7.65. The minimum atomic E-state index is 0.314. The molecule has 3 rings (SSSR count). The average molecular weight is 317 g/mol. The largest absolute Gasteiger partial charge is 0.402 e. The highest BCUT2D eigenvalue weighted by atomic mass is 15.0. The predicted molar refractivity (Wildman–Crippen MR) is 98.9 cm³/mol. The smallest absolute Gasteiger partial charge is 0.166 e. The molecule has 0 radical (unpaired) electrons. The Balaban J connectivity index is 2.24. The molecule has 0 amide bonds. The summed E-state index contributed by atoms with van der Waals surface area (Å²) in [6.45, 7) is 3.80. The van der Waals surface area contributed by atoms with Gasteiger partial charge in [0.1, 0.15) is 5.84 Å². The lowest BCUT2D eigenvalue weighted by atomic mass is 10.1. The van der Waals surface area contributed by atoms with Crippen molar-refractivity contribution < 1.29 is 0 Å². The van der Waals surface area contributed by atoms with Crippen LogP contribution in [0.4, 0.5) is 5.82 Å². The molecule has 3 aromatic rings. The SMILES string of the molecule is C/C(N)=C/C(N)=Nc1nc(-c2ccccc2C)nc2ccccc12. The molecular formula is C19H19N5. The van der Waals surface area contributed by atoms with Gasteiger partial charge in [-0.05, 0) is 37.6 Å². The van der Waals surface area contributed by atoms with Crippen LogP contribution < -0.4 is 11.5 Å². The second-order valence-corrected chi connectivity index (χ2v) is 5.63. The number of fused-ring (bicyclic) bond motifs is 1. The first-order chi connectivity index (χ1) is 11.5. The van der Waals surface area contributed by atoms with Crippen LogP contribution in [0.5, 0.6) is 0 Å². The van der Waals surface area contributed by atoms with Crippen molar-refractivity contribution in [2.45, 2.75) is 13.8 Å². The average Bonchev–Trinajstić information content (AvgIpc) is 2.54. The van der Waals surface area contributed by atoms with Crippen molar-refractivity contribution in [1.82, 2.24) is 9.97 Å². The van der Waals surface area contributed by atoms with E-state index in [-0.39, 0.29) is 0 Å². The minimum absolute atomic E-state index is 0.314. The number of allylic oxidation sites excluding steroid dienone is 1. The Hall–Kier alpha value is -3.21. The van der Waals surface area contributed by atoms with E-state index in [1.54, 1.807) is 13.0 Å². The quantitative estimate of drug-likeness (QED) is 0.572. The van der Waals surface area contributed by atoms with Gasteiger partial charge in [-0.3, -0.25) is 0 Å². The molecule has 0 aliphatic rings. The van der Waals surface area contributed by atoms with Crippen LogP contribution >= 0.6 is 0 Å². The van der Waals surface area contributed by atoms with Gasteiger partial charge in [-0.25, -0.2) is 15.0 Å². The van der Waals surface area contributed by atoms with E-state index >= 15 is 0 Å². The van der Waals surface area contributed by atoms with Crippen molar-refractivity contribution in [3.8, 4) is 11.4 Å². The molecule has 2 aromatic carbocycles. The number of aromatic nitrogens is 2. The lowest BCUT2D eigenvalue weighted by molar-refractivity contribution is 1.19. The number of nitrogens with zero attached hydrogens (tertiary/aromatic N) is 3. The van der Waals surface area contributed by atoms with E-state index in [9.17, 15) is 0 Å². The summed E-state index contributed by atoms with van der Waals surface area (Å²) < 4.78 is 0. The summed E-state index contributed by atoms with van der Waals surface area (Å²) >= 11 is 0. The number of aliphatic imine (C=N–C) groups is 1. The number of hydrogen-bond donors (Lipinski definition) is 2. The highest BCUT2D eigenvalue weighted by molar-refractivity contribution is 5.97. The van der Waals surface area contributed by atoms with Crippen molar-refractivity contribution in [2.24, 2.45) is 16.5 Å². The summed E-state index contributed by atoms with van der Waals surface area (Å²) in [6.07, 6.45) is 1.62. The second-order valence-electron chi connectivity index (χ2n) is 5.63. The van der Waals surface area contributed by atoms with Crippen LogP contribution in [0.1, 0.15) is 12.5 Å². The molecule has 5 nitrogen and oxygen atoms in total. The van der Waals surface area contributed by atoms with Crippen LogP contribution in [0.25, 0.3) is 22.3 Å². The van der Waals surface area contributed by atoms with Crippen LogP contribution in [-0.2, 0) is 0 Å². The normalized spacial score (nSPS) is 12.6. The van der Waals surface area contributed by atoms with Crippen molar-refractivity contribution in [3.05, 3.63) is 65.9 Å². The molecule has 0 unspecified atom stereocenters. The molecule has 0 spiro atoms. The topological polar surface area (TPSA) is 90.2 Å². The Bertz CT molecular complexity index is 953. The molecule has 0 atom stereocenters. The van der Waals surface area contributed by atoms with Crippen molar-refractivity contribution in [2.75, 3.05) is 0 Å². The van der Waals surface area contributed by atoms with Gasteiger partial charge in [0.15, 0.2) is 11.6 Å².